The molecule has 166 valence electrons. The molecule has 0 saturated heterocycles. The first-order valence-electron chi connectivity index (χ1n) is 12.0. The molecule has 2 aromatic heterocycles. The van der Waals surface area contributed by atoms with E-state index in [4.69, 9.17) is 9.97 Å². The molecule has 0 bridgehead atoms. The van der Waals surface area contributed by atoms with Gasteiger partial charge in [0.05, 0.1) is 45.8 Å². The monoisotopic (exact) mass is 458 g/mol. The third-order valence-corrected chi connectivity index (χ3v) is 7.11. The van der Waals surface area contributed by atoms with Gasteiger partial charge in [-0.05, 0) is 63.4 Å². The predicted octanol–water partition coefficient (Wildman–Crippen LogP) is 7.71. The second kappa shape index (κ2) is 7.27. The highest BCUT2D eigenvalue weighted by Crippen LogP contribution is 2.50. The molecule has 0 fully saturated rings. The summed E-state index contributed by atoms with van der Waals surface area (Å²) in [6.45, 7) is 0. The fourth-order valence-electron chi connectivity index (χ4n) is 5.42. The second-order valence-electron chi connectivity index (χ2n) is 9.14. The van der Waals surface area contributed by atoms with Gasteiger partial charge in [-0.25, -0.2) is 9.97 Å². The van der Waals surface area contributed by atoms with Crippen LogP contribution in [0.5, 0.6) is 0 Å². The summed E-state index contributed by atoms with van der Waals surface area (Å²) in [5.74, 6) is 0. The lowest BCUT2D eigenvalue weighted by atomic mass is 9.97. The molecule has 1 aliphatic rings. The smallest absolute Gasteiger partial charge is 0.0899 e. The number of aromatic nitrogens is 4. The molecule has 8 rings (SSSR count). The Morgan fingerprint density at radius 3 is 1.81 bits per heavy atom. The van der Waals surface area contributed by atoms with Crippen LogP contribution in [0, 0.1) is 0 Å². The van der Waals surface area contributed by atoms with Crippen molar-refractivity contribution in [1.29, 1.82) is 0 Å². The first kappa shape index (κ1) is 19.4. The Kier molecular flexibility index (Phi) is 3.91. The Labute approximate surface area is 207 Å². The molecule has 36 heavy (non-hydrogen) atoms. The Bertz CT molecular complexity index is 2010. The van der Waals surface area contributed by atoms with Crippen LogP contribution in [0.2, 0.25) is 0 Å². The molecule has 0 unspecified atom stereocenters. The Morgan fingerprint density at radius 2 is 1.03 bits per heavy atom. The molecule has 0 spiro atoms. The first-order chi connectivity index (χ1) is 17.8. The predicted molar refractivity (Wildman–Crippen MR) is 145 cm³/mol. The van der Waals surface area contributed by atoms with Gasteiger partial charge >= 0.3 is 0 Å². The average molecular weight is 459 g/mol. The van der Waals surface area contributed by atoms with Gasteiger partial charge in [0, 0.05) is 11.1 Å². The van der Waals surface area contributed by atoms with Crippen LogP contribution < -0.4 is 0 Å². The van der Waals surface area contributed by atoms with E-state index in [0.29, 0.717) is 0 Å². The highest BCUT2D eigenvalue weighted by molar-refractivity contribution is 6.18. The quantitative estimate of drug-likeness (QED) is 0.266. The van der Waals surface area contributed by atoms with E-state index in [2.05, 4.69) is 58.5 Å². The third-order valence-electron chi connectivity index (χ3n) is 7.11. The van der Waals surface area contributed by atoms with Gasteiger partial charge in [0.1, 0.15) is 0 Å². The lowest BCUT2D eigenvalue weighted by Gasteiger charge is -2.09. The minimum atomic E-state index is 0.881. The molecule has 0 atom stereocenters. The SMILES string of the molecule is c1ccc2nc(-c3ccc4c(c3)-c3cccc5c(-c6cnc7ccccc7n6)ccc-4c35)cnc2c1. The lowest BCUT2D eigenvalue weighted by Crippen LogP contribution is -1.90. The average Bonchev–Trinajstić information content (AvgIpc) is 3.27. The number of fused-ring (bicyclic) bond motifs is 5. The van der Waals surface area contributed by atoms with Gasteiger partial charge < -0.3 is 0 Å². The standard InChI is InChI=1S/C32H18N4/c1-3-10-28-26(8-1)33-17-30(35-28)19-12-13-20-24-15-14-21(22-6-5-7-23(32(22)24)25(20)16-19)31-18-34-27-9-2-4-11-29(27)36-31/h1-18H. The topological polar surface area (TPSA) is 51.6 Å². The number of para-hydroxylation sites is 4. The van der Waals surface area contributed by atoms with E-state index in [1.54, 1.807) is 0 Å². The van der Waals surface area contributed by atoms with Crippen molar-refractivity contribution < 1.29 is 0 Å². The zero-order valence-corrected chi connectivity index (χ0v) is 19.2. The number of hydrogen-bond donors (Lipinski definition) is 0. The van der Waals surface area contributed by atoms with E-state index in [9.17, 15) is 0 Å². The summed E-state index contributed by atoms with van der Waals surface area (Å²) in [6.07, 6.45) is 3.74. The van der Waals surface area contributed by atoms with Gasteiger partial charge in [0.2, 0.25) is 0 Å². The van der Waals surface area contributed by atoms with Crippen LogP contribution in [0.1, 0.15) is 0 Å². The number of benzene rings is 5. The summed E-state index contributed by atoms with van der Waals surface area (Å²) in [5.41, 5.74) is 12.5. The maximum Gasteiger partial charge on any atom is 0.0899 e. The number of hydrogen-bond acceptors (Lipinski definition) is 4. The maximum atomic E-state index is 4.93. The van der Waals surface area contributed by atoms with Crippen LogP contribution in [0.25, 0.3) is 77.6 Å². The van der Waals surface area contributed by atoms with Gasteiger partial charge in [-0.1, -0.05) is 66.7 Å². The highest BCUT2D eigenvalue weighted by Gasteiger charge is 2.23. The fraction of sp³-hybridized carbons (Fsp3) is 0. The molecular formula is C32H18N4. The molecule has 0 aliphatic heterocycles. The lowest BCUT2D eigenvalue weighted by molar-refractivity contribution is 1.29. The van der Waals surface area contributed by atoms with Crippen LogP contribution in [0.15, 0.2) is 109 Å². The van der Waals surface area contributed by atoms with Crippen LogP contribution >= 0.6 is 0 Å². The van der Waals surface area contributed by atoms with E-state index in [1.165, 1.54) is 33.0 Å². The molecule has 4 nitrogen and oxygen atoms in total. The minimum absolute atomic E-state index is 0.881. The number of nitrogens with zero attached hydrogens (tertiary/aromatic N) is 4. The van der Waals surface area contributed by atoms with Crippen molar-refractivity contribution in [3.63, 3.8) is 0 Å². The Balaban J connectivity index is 1.31. The number of rotatable bonds is 2. The van der Waals surface area contributed by atoms with Crippen LogP contribution in [0.3, 0.4) is 0 Å². The normalized spacial score (nSPS) is 11.9. The van der Waals surface area contributed by atoms with Crippen molar-refractivity contribution in [1.82, 2.24) is 19.9 Å². The maximum absolute atomic E-state index is 4.93. The summed E-state index contributed by atoms with van der Waals surface area (Å²) in [4.78, 5) is 19.1. The Hall–Kier alpha value is -4.96. The molecule has 0 amide bonds. The van der Waals surface area contributed by atoms with Gasteiger partial charge in [0.15, 0.2) is 0 Å². The molecular weight excluding hydrogens is 440 g/mol. The fourth-order valence-corrected chi connectivity index (χ4v) is 5.42. The van der Waals surface area contributed by atoms with Crippen LogP contribution in [-0.4, -0.2) is 19.9 Å². The third kappa shape index (κ3) is 2.75. The molecule has 7 aromatic rings. The largest absolute Gasteiger partial charge is 0.252 e. The van der Waals surface area contributed by atoms with Crippen molar-refractivity contribution in [2.24, 2.45) is 0 Å². The van der Waals surface area contributed by atoms with Gasteiger partial charge in [-0.15, -0.1) is 0 Å². The highest BCUT2D eigenvalue weighted by atomic mass is 14.8. The zero-order chi connectivity index (χ0) is 23.6. The first-order valence-corrected chi connectivity index (χ1v) is 12.0. The molecule has 2 heterocycles. The molecule has 5 aromatic carbocycles. The molecule has 1 aliphatic carbocycles. The van der Waals surface area contributed by atoms with Crippen LogP contribution in [0.4, 0.5) is 0 Å². The summed E-state index contributed by atoms with van der Waals surface area (Å²) < 4.78 is 0. The van der Waals surface area contributed by atoms with E-state index in [0.717, 1.165) is 44.6 Å². The van der Waals surface area contributed by atoms with Crippen molar-refractivity contribution in [2.45, 2.75) is 0 Å². The summed E-state index contributed by atoms with van der Waals surface area (Å²) in [7, 11) is 0. The van der Waals surface area contributed by atoms with Crippen molar-refractivity contribution >= 4 is 32.8 Å². The van der Waals surface area contributed by atoms with Gasteiger partial charge in [0.25, 0.3) is 0 Å². The molecule has 0 N–H and O–H groups in total. The van der Waals surface area contributed by atoms with Crippen LogP contribution in [-0.2, 0) is 0 Å². The van der Waals surface area contributed by atoms with Crippen molar-refractivity contribution in [3.8, 4) is 44.8 Å². The van der Waals surface area contributed by atoms with E-state index in [1.807, 2.05) is 60.9 Å². The second-order valence-corrected chi connectivity index (χ2v) is 9.14. The molecule has 4 heteroatoms. The summed E-state index contributed by atoms with van der Waals surface area (Å²) in [5, 5.41) is 2.46. The van der Waals surface area contributed by atoms with Gasteiger partial charge in [-0.3, -0.25) is 9.97 Å². The minimum Gasteiger partial charge on any atom is -0.252 e. The summed E-state index contributed by atoms with van der Waals surface area (Å²) in [6, 6.07) is 33.5. The molecule has 0 saturated carbocycles. The van der Waals surface area contributed by atoms with Crippen molar-refractivity contribution in [3.05, 3.63) is 109 Å². The molecule has 0 radical (unpaired) electrons. The van der Waals surface area contributed by atoms with Crippen molar-refractivity contribution in [2.75, 3.05) is 0 Å². The Morgan fingerprint density at radius 1 is 0.417 bits per heavy atom. The summed E-state index contributed by atoms with van der Waals surface area (Å²) >= 11 is 0. The van der Waals surface area contributed by atoms with E-state index < -0.39 is 0 Å². The zero-order valence-electron chi connectivity index (χ0n) is 19.2. The van der Waals surface area contributed by atoms with Gasteiger partial charge in [-0.2, -0.15) is 0 Å². The van der Waals surface area contributed by atoms with E-state index >= 15 is 0 Å². The van der Waals surface area contributed by atoms with E-state index in [-0.39, 0.29) is 0 Å².